The van der Waals surface area contributed by atoms with E-state index >= 15 is 0 Å². The lowest BCUT2D eigenvalue weighted by Crippen LogP contribution is -2.00. The average molecular weight is 238 g/mol. The third-order valence-electron chi connectivity index (χ3n) is 1.77. The first-order chi connectivity index (χ1) is 6.81. The molecular weight excluding hydrogens is 221 g/mol. The summed E-state index contributed by atoms with van der Waals surface area (Å²) >= 11 is 0.00986. The van der Waals surface area contributed by atoms with Crippen LogP contribution in [0.25, 0.3) is 0 Å². The molecule has 0 radical (unpaired) electrons. The Morgan fingerprint density at radius 3 is 2.20 bits per heavy atom. The van der Waals surface area contributed by atoms with E-state index in [9.17, 15) is 13.2 Å². The maximum absolute atomic E-state index is 11.8. The normalized spacial score (nSPS) is 12.8. The van der Waals surface area contributed by atoms with Crippen molar-refractivity contribution in [3.05, 3.63) is 23.3 Å². The lowest BCUT2D eigenvalue weighted by atomic mass is 10.1. The minimum atomic E-state index is -4.11. The summed E-state index contributed by atoms with van der Waals surface area (Å²) < 4.78 is 35.4. The van der Waals surface area contributed by atoms with Gasteiger partial charge in [0.15, 0.2) is 0 Å². The molecule has 0 unspecified atom stereocenters. The van der Waals surface area contributed by atoms with Gasteiger partial charge in [0.2, 0.25) is 0 Å². The van der Waals surface area contributed by atoms with E-state index < -0.39 is 5.51 Å². The fourth-order valence-corrected chi connectivity index (χ4v) is 1.53. The van der Waals surface area contributed by atoms with Crippen LogP contribution in [0.5, 0.6) is 0 Å². The van der Waals surface area contributed by atoms with Crippen LogP contribution in [-0.4, -0.2) is 11.3 Å². The van der Waals surface area contributed by atoms with Gasteiger partial charge in [-0.1, -0.05) is 23.3 Å². The summed E-state index contributed by atoms with van der Waals surface area (Å²) in [7, 11) is 0. The molecule has 0 aliphatic heterocycles. The molecule has 0 N–H and O–H groups in total. The lowest BCUT2D eigenvalue weighted by molar-refractivity contribution is -0.0326. The highest BCUT2D eigenvalue weighted by atomic mass is 32.2. The molecule has 88 valence electrons. The molecule has 0 rings (SSSR count). The second kappa shape index (κ2) is 6.99. The van der Waals surface area contributed by atoms with Crippen molar-refractivity contribution in [2.75, 3.05) is 5.75 Å². The van der Waals surface area contributed by atoms with Crippen LogP contribution in [0.4, 0.5) is 13.2 Å². The Kier molecular flexibility index (Phi) is 6.81. The van der Waals surface area contributed by atoms with Gasteiger partial charge >= 0.3 is 5.51 Å². The molecule has 15 heavy (non-hydrogen) atoms. The summed E-state index contributed by atoms with van der Waals surface area (Å²) in [5.41, 5.74) is -1.85. The average Bonchev–Trinajstić information content (AvgIpc) is 2.00. The summed E-state index contributed by atoms with van der Waals surface area (Å²) in [6.45, 7) is 5.90. The molecule has 0 aromatic heterocycles. The van der Waals surface area contributed by atoms with Crippen molar-refractivity contribution >= 4 is 11.8 Å². The van der Waals surface area contributed by atoms with Gasteiger partial charge in [-0.3, -0.25) is 0 Å². The molecule has 0 aliphatic rings. The number of thioether (sulfide) groups is 1. The van der Waals surface area contributed by atoms with Gasteiger partial charge < -0.3 is 0 Å². The van der Waals surface area contributed by atoms with Gasteiger partial charge in [-0.25, -0.2) is 0 Å². The molecule has 0 aliphatic carbocycles. The zero-order chi connectivity index (χ0) is 11.9. The van der Waals surface area contributed by atoms with Crippen LogP contribution in [0.15, 0.2) is 23.3 Å². The number of alkyl halides is 3. The maximum atomic E-state index is 11.8. The van der Waals surface area contributed by atoms with Crippen molar-refractivity contribution in [2.24, 2.45) is 0 Å². The van der Waals surface area contributed by atoms with E-state index in [1.807, 2.05) is 20.8 Å². The fraction of sp³-hybridized carbons (Fsp3) is 0.636. The summed E-state index contributed by atoms with van der Waals surface area (Å²) in [5, 5.41) is 0. The summed E-state index contributed by atoms with van der Waals surface area (Å²) in [5.74, 6) is 0.0180. The maximum Gasteiger partial charge on any atom is 0.442 e. The Morgan fingerprint density at radius 2 is 1.73 bits per heavy atom. The van der Waals surface area contributed by atoms with Crippen LogP contribution in [0.1, 0.15) is 33.6 Å². The first-order valence-electron chi connectivity index (χ1n) is 4.81. The van der Waals surface area contributed by atoms with Gasteiger partial charge in [-0.15, -0.1) is 0 Å². The van der Waals surface area contributed by atoms with Gasteiger partial charge in [0, 0.05) is 5.75 Å². The van der Waals surface area contributed by atoms with Crippen LogP contribution < -0.4 is 0 Å². The van der Waals surface area contributed by atoms with Gasteiger partial charge in [-0.05, 0) is 45.4 Å². The summed E-state index contributed by atoms with van der Waals surface area (Å²) in [6, 6.07) is 0. The van der Waals surface area contributed by atoms with Gasteiger partial charge in [0.25, 0.3) is 0 Å². The fourth-order valence-electron chi connectivity index (χ4n) is 0.969. The Balaban J connectivity index is 3.75. The number of allylic oxidation sites excluding steroid dienone is 3. The summed E-state index contributed by atoms with van der Waals surface area (Å²) in [4.78, 5) is 0. The number of rotatable bonds is 5. The Hall–Kier alpha value is -0.380. The van der Waals surface area contributed by atoms with Crippen LogP contribution in [0.3, 0.4) is 0 Å². The van der Waals surface area contributed by atoms with E-state index in [0.29, 0.717) is 0 Å². The van der Waals surface area contributed by atoms with E-state index in [1.165, 1.54) is 5.57 Å². The Morgan fingerprint density at radius 1 is 1.13 bits per heavy atom. The third kappa shape index (κ3) is 11.5. The predicted molar refractivity (Wildman–Crippen MR) is 60.9 cm³/mol. The van der Waals surface area contributed by atoms with Gasteiger partial charge in [0.1, 0.15) is 0 Å². The highest BCUT2D eigenvalue weighted by Gasteiger charge is 2.26. The molecule has 0 atom stereocenters. The minimum absolute atomic E-state index is 0.00986. The summed E-state index contributed by atoms with van der Waals surface area (Å²) in [6.07, 6.45) is 5.48. The Bertz CT molecular complexity index is 235. The number of hydrogen-bond acceptors (Lipinski definition) is 1. The molecule has 0 spiro atoms. The number of hydrogen-bond donors (Lipinski definition) is 0. The molecule has 0 saturated heterocycles. The highest BCUT2D eigenvalue weighted by molar-refractivity contribution is 8.00. The molecular formula is C11H17F3S. The van der Waals surface area contributed by atoms with Crippen molar-refractivity contribution in [2.45, 2.75) is 39.1 Å². The van der Waals surface area contributed by atoms with E-state index in [0.717, 1.165) is 18.4 Å². The lowest BCUT2D eigenvalue weighted by Gasteiger charge is -2.03. The quantitative estimate of drug-likeness (QED) is 0.612. The molecule has 4 heteroatoms. The molecule has 0 aromatic rings. The van der Waals surface area contributed by atoms with E-state index in [-0.39, 0.29) is 17.5 Å². The van der Waals surface area contributed by atoms with Crippen molar-refractivity contribution in [1.82, 2.24) is 0 Å². The molecule has 0 heterocycles. The van der Waals surface area contributed by atoms with Crippen LogP contribution in [0.2, 0.25) is 0 Å². The van der Waals surface area contributed by atoms with Crippen molar-refractivity contribution in [1.29, 1.82) is 0 Å². The second-order valence-corrected chi connectivity index (χ2v) is 4.71. The standard InChI is InChI=1S/C11H17F3S/c1-9(2)5-4-6-10(3)7-8-15-11(12,13)14/h5,7H,4,6,8H2,1-3H3/b10-7-. The third-order valence-corrected chi connectivity index (χ3v) is 2.43. The SMILES string of the molecule is CC(C)=CCC/C(C)=C\CSC(F)(F)F. The largest absolute Gasteiger partial charge is 0.442 e. The molecule has 0 bridgehead atoms. The van der Waals surface area contributed by atoms with E-state index in [4.69, 9.17) is 0 Å². The zero-order valence-corrected chi connectivity index (χ0v) is 10.1. The van der Waals surface area contributed by atoms with Gasteiger partial charge in [0.05, 0.1) is 0 Å². The van der Waals surface area contributed by atoms with Gasteiger partial charge in [-0.2, -0.15) is 13.2 Å². The van der Waals surface area contributed by atoms with E-state index in [1.54, 1.807) is 6.08 Å². The number of halogens is 3. The first-order valence-corrected chi connectivity index (χ1v) is 5.79. The van der Waals surface area contributed by atoms with E-state index in [2.05, 4.69) is 6.08 Å². The van der Waals surface area contributed by atoms with Crippen LogP contribution in [-0.2, 0) is 0 Å². The second-order valence-electron chi connectivity index (χ2n) is 3.63. The molecule has 0 saturated carbocycles. The highest BCUT2D eigenvalue weighted by Crippen LogP contribution is 2.30. The van der Waals surface area contributed by atoms with Crippen molar-refractivity contribution in [3.63, 3.8) is 0 Å². The monoisotopic (exact) mass is 238 g/mol. The smallest absolute Gasteiger partial charge is 0.160 e. The van der Waals surface area contributed by atoms with Crippen molar-refractivity contribution in [3.8, 4) is 0 Å². The minimum Gasteiger partial charge on any atom is -0.160 e. The molecule has 0 nitrogen and oxygen atoms in total. The predicted octanol–water partition coefficient (Wildman–Crippen LogP) is 4.93. The van der Waals surface area contributed by atoms with Crippen molar-refractivity contribution < 1.29 is 13.2 Å². The molecule has 0 fully saturated rings. The first kappa shape index (κ1) is 14.6. The molecule has 0 amide bonds. The topological polar surface area (TPSA) is 0 Å². The zero-order valence-electron chi connectivity index (χ0n) is 9.32. The molecule has 0 aromatic carbocycles. The van der Waals surface area contributed by atoms with Crippen LogP contribution >= 0.6 is 11.8 Å². The Labute approximate surface area is 93.6 Å². The van der Waals surface area contributed by atoms with Crippen LogP contribution in [0, 0.1) is 0 Å².